The molecule has 5 nitrogen and oxygen atoms in total. The molecule has 0 aliphatic heterocycles. The standard InChI is InChI=1S/C9H12ClN3O2/c1-3-8(10)6(2)9-11-4-7(5-12-9)13(14)15/h4-6,8H,3H2,1-2H3. The normalized spacial score (nSPS) is 14.6. The Balaban J connectivity index is 2.84. The molecule has 82 valence electrons. The number of nitro groups is 1. The van der Waals surface area contributed by atoms with E-state index in [0.717, 1.165) is 6.42 Å². The molecule has 0 radical (unpaired) electrons. The van der Waals surface area contributed by atoms with Gasteiger partial charge in [0.2, 0.25) is 0 Å². The molecule has 0 N–H and O–H groups in total. The molecule has 0 amide bonds. The lowest BCUT2D eigenvalue weighted by molar-refractivity contribution is -0.385. The molecule has 1 aromatic rings. The molecule has 1 heterocycles. The molecule has 6 heteroatoms. The smallest absolute Gasteiger partial charge is 0.258 e. The molecule has 0 aliphatic rings. The summed E-state index contributed by atoms with van der Waals surface area (Å²) in [5.41, 5.74) is -0.103. The Morgan fingerprint density at radius 1 is 1.53 bits per heavy atom. The van der Waals surface area contributed by atoms with Crippen molar-refractivity contribution in [1.29, 1.82) is 0 Å². The third kappa shape index (κ3) is 2.86. The van der Waals surface area contributed by atoms with Gasteiger partial charge >= 0.3 is 5.69 Å². The second kappa shape index (κ2) is 5.02. The average molecular weight is 230 g/mol. The lowest BCUT2D eigenvalue weighted by atomic mass is 10.1. The molecule has 0 aromatic carbocycles. The van der Waals surface area contributed by atoms with Gasteiger partial charge in [-0.1, -0.05) is 13.8 Å². The molecule has 0 fully saturated rings. The first-order valence-electron chi connectivity index (χ1n) is 4.66. The summed E-state index contributed by atoms with van der Waals surface area (Å²) in [7, 11) is 0. The molecule has 1 aromatic heterocycles. The van der Waals surface area contributed by atoms with Crippen molar-refractivity contribution in [2.24, 2.45) is 0 Å². The minimum Gasteiger partial charge on any atom is -0.258 e. The van der Waals surface area contributed by atoms with E-state index in [0.29, 0.717) is 5.82 Å². The van der Waals surface area contributed by atoms with Gasteiger partial charge in [0.05, 0.1) is 4.92 Å². The van der Waals surface area contributed by atoms with Crippen molar-refractivity contribution in [1.82, 2.24) is 9.97 Å². The zero-order valence-electron chi connectivity index (χ0n) is 8.55. The van der Waals surface area contributed by atoms with Gasteiger partial charge in [0.1, 0.15) is 18.2 Å². The maximum absolute atomic E-state index is 10.4. The quantitative estimate of drug-likeness (QED) is 0.452. The van der Waals surface area contributed by atoms with E-state index in [2.05, 4.69) is 9.97 Å². The van der Waals surface area contributed by atoms with E-state index < -0.39 is 4.92 Å². The maximum Gasteiger partial charge on any atom is 0.305 e. The lowest BCUT2D eigenvalue weighted by Gasteiger charge is -2.13. The Bertz CT molecular complexity index is 342. The van der Waals surface area contributed by atoms with Gasteiger partial charge in [0.15, 0.2) is 0 Å². The van der Waals surface area contributed by atoms with Gasteiger partial charge in [-0.25, -0.2) is 9.97 Å². The van der Waals surface area contributed by atoms with E-state index >= 15 is 0 Å². The highest BCUT2D eigenvalue weighted by Gasteiger charge is 2.18. The van der Waals surface area contributed by atoms with Crippen molar-refractivity contribution in [3.05, 3.63) is 28.3 Å². The Morgan fingerprint density at radius 2 is 2.07 bits per heavy atom. The van der Waals surface area contributed by atoms with Crippen LogP contribution in [0.2, 0.25) is 0 Å². The zero-order valence-corrected chi connectivity index (χ0v) is 9.31. The van der Waals surface area contributed by atoms with Crippen LogP contribution in [0.1, 0.15) is 32.0 Å². The predicted molar refractivity (Wildman–Crippen MR) is 57.0 cm³/mol. The molecule has 0 aliphatic carbocycles. The van der Waals surface area contributed by atoms with Crippen LogP contribution in [-0.2, 0) is 0 Å². The SMILES string of the molecule is CCC(Cl)C(C)c1ncc([N+](=O)[O-])cn1. The van der Waals surface area contributed by atoms with Crippen LogP contribution in [0.15, 0.2) is 12.4 Å². The highest BCUT2D eigenvalue weighted by Crippen LogP contribution is 2.22. The molecular weight excluding hydrogens is 218 g/mol. The van der Waals surface area contributed by atoms with Crippen LogP contribution in [0.3, 0.4) is 0 Å². The molecule has 0 saturated heterocycles. The van der Waals surface area contributed by atoms with Gasteiger partial charge in [-0.15, -0.1) is 11.6 Å². The minimum absolute atomic E-state index is 0.00234. The minimum atomic E-state index is -0.521. The van der Waals surface area contributed by atoms with Crippen molar-refractivity contribution < 1.29 is 4.92 Å². The number of nitrogens with zero attached hydrogens (tertiary/aromatic N) is 3. The van der Waals surface area contributed by atoms with Crippen LogP contribution in [0.4, 0.5) is 5.69 Å². The Labute approximate surface area is 92.7 Å². The zero-order chi connectivity index (χ0) is 11.4. The van der Waals surface area contributed by atoms with Crippen LogP contribution >= 0.6 is 11.6 Å². The fourth-order valence-electron chi connectivity index (χ4n) is 1.18. The molecular formula is C9H12ClN3O2. The maximum atomic E-state index is 10.4. The van der Waals surface area contributed by atoms with E-state index in [1.54, 1.807) is 0 Å². The van der Waals surface area contributed by atoms with Crippen molar-refractivity contribution in [2.75, 3.05) is 0 Å². The first kappa shape index (κ1) is 11.8. The first-order chi connectivity index (χ1) is 7.06. The number of hydrogen-bond acceptors (Lipinski definition) is 4. The lowest BCUT2D eigenvalue weighted by Crippen LogP contribution is -2.11. The summed E-state index contributed by atoms with van der Waals surface area (Å²) in [5.74, 6) is 0.542. The summed E-state index contributed by atoms with van der Waals surface area (Å²) in [6.45, 7) is 3.88. The third-order valence-corrected chi connectivity index (χ3v) is 2.90. The van der Waals surface area contributed by atoms with Crippen molar-refractivity contribution in [3.63, 3.8) is 0 Å². The number of alkyl halides is 1. The van der Waals surface area contributed by atoms with Gasteiger partial charge in [-0.2, -0.15) is 0 Å². The second-order valence-electron chi connectivity index (χ2n) is 3.27. The molecule has 2 unspecified atom stereocenters. The van der Waals surface area contributed by atoms with E-state index in [1.165, 1.54) is 12.4 Å². The number of aromatic nitrogens is 2. The van der Waals surface area contributed by atoms with Crippen molar-refractivity contribution >= 4 is 17.3 Å². The van der Waals surface area contributed by atoms with Crippen molar-refractivity contribution in [3.8, 4) is 0 Å². The largest absolute Gasteiger partial charge is 0.305 e. The third-order valence-electron chi connectivity index (χ3n) is 2.21. The molecule has 2 atom stereocenters. The van der Waals surface area contributed by atoms with Gasteiger partial charge in [-0.3, -0.25) is 10.1 Å². The summed E-state index contributed by atoms with van der Waals surface area (Å²) in [5, 5.41) is 10.3. The predicted octanol–water partition coefficient (Wildman–Crippen LogP) is 2.51. The van der Waals surface area contributed by atoms with Crippen LogP contribution in [-0.4, -0.2) is 20.3 Å². The highest BCUT2D eigenvalue weighted by atomic mass is 35.5. The molecule has 0 bridgehead atoms. The summed E-state index contributed by atoms with van der Waals surface area (Å²) in [6.07, 6.45) is 3.22. The van der Waals surface area contributed by atoms with Gasteiger partial charge < -0.3 is 0 Å². The van der Waals surface area contributed by atoms with Gasteiger partial charge in [0.25, 0.3) is 0 Å². The highest BCUT2D eigenvalue weighted by molar-refractivity contribution is 6.21. The molecule has 0 spiro atoms. The van der Waals surface area contributed by atoms with Crippen LogP contribution < -0.4 is 0 Å². The molecule has 15 heavy (non-hydrogen) atoms. The summed E-state index contributed by atoms with van der Waals surface area (Å²) < 4.78 is 0. The van der Waals surface area contributed by atoms with E-state index in [4.69, 9.17) is 11.6 Å². The van der Waals surface area contributed by atoms with Crippen LogP contribution in [0, 0.1) is 10.1 Å². The fourth-order valence-corrected chi connectivity index (χ4v) is 1.29. The van der Waals surface area contributed by atoms with Crippen LogP contribution in [0.5, 0.6) is 0 Å². The monoisotopic (exact) mass is 229 g/mol. The molecule has 0 saturated carbocycles. The second-order valence-corrected chi connectivity index (χ2v) is 3.83. The number of halogens is 1. The number of rotatable bonds is 4. The Hall–Kier alpha value is -1.23. The topological polar surface area (TPSA) is 68.9 Å². The Kier molecular flexibility index (Phi) is 3.96. The summed E-state index contributed by atoms with van der Waals surface area (Å²) in [4.78, 5) is 17.7. The fraction of sp³-hybridized carbons (Fsp3) is 0.556. The summed E-state index contributed by atoms with van der Waals surface area (Å²) >= 11 is 6.04. The van der Waals surface area contributed by atoms with Crippen molar-refractivity contribution in [2.45, 2.75) is 31.6 Å². The Morgan fingerprint density at radius 3 is 2.47 bits per heavy atom. The molecule has 1 rings (SSSR count). The van der Waals surface area contributed by atoms with Gasteiger partial charge in [0, 0.05) is 11.3 Å². The average Bonchev–Trinajstić information content (AvgIpc) is 2.27. The first-order valence-corrected chi connectivity index (χ1v) is 5.10. The van der Waals surface area contributed by atoms with Gasteiger partial charge in [-0.05, 0) is 6.42 Å². The number of hydrogen-bond donors (Lipinski definition) is 0. The van der Waals surface area contributed by atoms with Crippen LogP contribution in [0.25, 0.3) is 0 Å². The van der Waals surface area contributed by atoms with E-state index in [9.17, 15) is 10.1 Å². The van der Waals surface area contributed by atoms with E-state index in [1.807, 2.05) is 13.8 Å². The van der Waals surface area contributed by atoms with E-state index in [-0.39, 0.29) is 17.0 Å². The summed E-state index contributed by atoms with van der Waals surface area (Å²) in [6, 6.07) is 0.